The Bertz CT molecular complexity index is 323. The van der Waals surface area contributed by atoms with Crippen molar-refractivity contribution in [1.29, 1.82) is 0 Å². The van der Waals surface area contributed by atoms with Gasteiger partial charge in [-0.2, -0.15) is 0 Å². The molecular formula is C18H32N2. The molecule has 0 radical (unpaired) electrons. The summed E-state index contributed by atoms with van der Waals surface area (Å²) in [5.74, 6) is 0.492. The van der Waals surface area contributed by atoms with E-state index in [0.717, 1.165) is 6.54 Å². The first-order valence-electron chi connectivity index (χ1n) is 8.43. The minimum Gasteiger partial charge on any atom is -0.314 e. The summed E-state index contributed by atoms with van der Waals surface area (Å²) < 4.78 is 0. The van der Waals surface area contributed by atoms with Crippen LogP contribution in [0.3, 0.4) is 0 Å². The van der Waals surface area contributed by atoms with Crippen LogP contribution in [0.2, 0.25) is 0 Å². The highest BCUT2D eigenvalue weighted by Gasteiger charge is 2.18. The fourth-order valence-electron chi connectivity index (χ4n) is 2.79. The second kappa shape index (κ2) is 10.8. The predicted molar refractivity (Wildman–Crippen MR) is 88.1 cm³/mol. The molecule has 0 aliphatic rings. The highest BCUT2D eigenvalue weighted by molar-refractivity contribution is 5.11. The predicted octanol–water partition coefficient (Wildman–Crippen LogP) is 4.91. The Labute approximate surface area is 125 Å². The van der Waals surface area contributed by atoms with Gasteiger partial charge in [0.25, 0.3) is 0 Å². The van der Waals surface area contributed by atoms with Crippen LogP contribution in [0, 0.1) is 0 Å². The molecule has 0 aromatic carbocycles. The lowest BCUT2D eigenvalue weighted by molar-refractivity contribution is 0.408. The summed E-state index contributed by atoms with van der Waals surface area (Å²) in [6.07, 6.45) is 11.4. The normalized spacial score (nSPS) is 14.2. The van der Waals surface area contributed by atoms with Crippen LogP contribution in [-0.4, -0.2) is 17.6 Å². The van der Waals surface area contributed by atoms with Gasteiger partial charge >= 0.3 is 0 Å². The molecule has 0 spiro atoms. The van der Waals surface area contributed by atoms with Gasteiger partial charge in [-0.3, -0.25) is 4.98 Å². The quantitative estimate of drug-likeness (QED) is 0.581. The van der Waals surface area contributed by atoms with Crippen LogP contribution < -0.4 is 5.32 Å². The Kier molecular flexibility index (Phi) is 9.31. The molecule has 1 heterocycles. The van der Waals surface area contributed by atoms with E-state index in [2.05, 4.69) is 43.2 Å². The van der Waals surface area contributed by atoms with E-state index in [9.17, 15) is 0 Å². The van der Waals surface area contributed by atoms with Crippen LogP contribution in [0.5, 0.6) is 0 Å². The summed E-state index contributed by atoms with van der Waals surface area (Å²) >= 11 is 0. The molecule has 1 N–H and O–H groups in total. The minimum absolute atomic E-state index is 0.492. The average molecular weight is 276 g/mol. The van der Waals surface area contributed by atoms with Gasteiger partial charge < -0.3 is 5.32 Å². The molecule has 0 aliphatic carbocycles. The van der Waals surface area contributed by atoms with Crippen LogP contribution in [0.25, 0.3) is 0 Å². The third kappa shape index (κ3) is 6.51. The zero-order valence-electron chi connectivity index (χ0n) is 13.6. The first-order valence-corrected chi connectivity index (χ1v) is 8.43. The second-order valence-corrected chi connectivity index (χ2v) is 5.76. The van der Waals surface area contributed by atoms with Crippen LogP contribution in [0.4, 0.5) is 0 Å². The van der Waals surface area contributed by atoms with Gasteiger partial charge in [-0.1, -0.05) is 65.4 Å². The molecule has 0 amide bonds. The number of rotatable bonds is 11. The maximum Gasteiger partial charge on any atom is 0.0447 e. The third-order valence-electron chi connectivity index (χ3n) is 4.09. The molecule has 2 nitrogen and oxygen atoms in total. The molecule has 114 valence electrons. The molecule has 0 saturated heterocycles. The molecule has 2 heteroatoms. The summed E-state index contributed by atoms with van der Waals surface area (Å²) in [4.78, 5) is 4.51. The van der Waals surface area contributed by atoms with E-state index in [-0.39, 0.29) is 0 Å². The standard InChI is InChI=1S/C18H32N2/c1-4-6-7-8-9-10-13-17(19-5-2)16(3)18-14-11-12-15-20-18/h11-12,14-17,19H,4-10,13H2,1-3H3. The maximum absolute atomic E-state index is 4.51. The van der Waals surface area contributed by atoms with Crippen LogP contribution in [-0.2, 0) is 0 Å². The Morgan fingerprint density at radius 1 is 1.05 bits per heavy atom. The molecule has 0 bridgehead atoms. The minimum atomic E-state index is 0.492. The smallest absolute Gasteiger partial charge is 0.0447 e. The van der Waals surface area contributed by atoms with Crippen molar-refractivity contribution in [3.05, 3.63) is 30.1 Å². The first-order chi connectivity index (χ1) is 9.79. The first kappa shape index (κ1) is 17.2. The molecule has 0 aliphatic heterocycles. The van der Waals surface area contributed by atoms with E-state index >= 15 is 0 Å². The van der Waals surface area contributed by atoms with E-state index in [1.54, 1.807) is 0 Å². The summed E-state index contributed by atoms with van der Waals surface area (Å²) in [6, 6.07) is 6.79. The summed E-state index contributed by atoms with van der Waals surface area (Å²) in [5.41, 5.74) is 1.21. The molecule has 0 saturated carbocycles. The van der Waals surface area contributed by atoms with E-state index in [0.29, 0.717) is 12.0 Å². The van der Waals surface area contributed by atoms with Crippen LogP contribution >= 0.6 is 0 Å². The zero-order valence-corrected chi connectivity index (χ0v) is 13.6. The van der Waals surface area contributed by atoms with Crippen molar-refractivity contribution >= 4 is 0 Å². The fraction of sp³-hybridized carbons (Fsp3) is 0.722. The lowest BCUT2D eigenvalue weighted by Gasteiger charge is -2.24. The number of pyridine rings is 1. The van der Waals surface area contributed by atoms with E-state index < -0.39 is 0 Å². The van der Waals surface area contributed by atoms with Crippen LogP contribution in [0.1, 0.15) is 77.3 Å². The molecule has 0 fully saturated rings. The van der Waals surface area contributed by atoms with Crippen molar-refractivity contribution in [2.24, 2.45) is 0 Å². The zero-order chi connectivity index (χ0) is 14.6. The average Bonchev–Trinajstić information content (AvgIpc) is 2.50. The molecule has 1 aromatic rings. The number of unbranched alkanes of at least 4 members (excludes halogenated alkanes) is 5. The van der Waals surface area contributed by atoms with Gasteiger partial charge in [0.2, 0.25) is 0 Å². The fourth-order valence-corrected chi connectivity index (χ4v) is 2.79. The lowest BCUT2D eigenvalue weighted by atomic mass is 9.92. The van der Waals surface area contributed by atoms with Crippen molar-refractivity contribution in [2.75, 3.05) is 6.54 Å². The topological polar surface area (TPSA) is 24.9 Å². The number of hydrogen-bond acceptors (Lipinski definition) is 2. The summed E-state index contributed by atoms with van der Waals surface area (Å²) in [7, 11) is 0. The molecule has 1 rings (SSSR count). The van der Waals surface area contributed by atoms with Gasteiger partial charge in [0.15, 0.2) is 0 Å². The van der Waals surface area contributed by atoms with E-state index in [1.807, 2.05) is 12.3 Å². The van der Waals surface area contributed by atoms with Gasteiger partial charge in [-0.25, -0.2) is 0 Å². The molecule has 20 heavy (non-hydrogen) atoms. The molecule has 2 atom stereocenters. The van der Waals surface area contributed by atoms with E-state index in [4.69, 9.17) is 0 Å². The SMILES string of the molecule is CCCCCCCCC(NCC)C(C)c1ccccn1. The largest absolute Gasteiger partial charge is 0.314 e. The van der Waals surface area contributed by atoms with Gasteiger partial charge in [-0.15, -0.1) is 0 Å². The third-order valence-corrected chi connectivity index (χ3v) is 4.09. The Hall–Kier alpha value is -0.890. The Balaban J connectivity index is 2.36. The Morgan fingerprint density at radius 3 is 2.45 bits per heavy atom. The highest BCUT2D eigenvalue weighted by Crippen LogP contribution is 2.21. The van der Waals surface area contributed by atoms with Gasteiger partial charge in [0, 0.05) is 23.9 Å². The maximum atomic E-state index is 4.51. The van der Waals surface area contributed by atoms with Crippen molar-refractivity contribution in [1.82, 2.24) is 10.3 Å². The van der Waals surface area contributed by atoms with Crippen LogP contribution in [0.15, 0.2) is 24.4 Å². The molecule has 2 unspecified atom stereocenters. The second-order valence-electron chi connectivity index (χ2n) is 5.76. The van der Waals surface area contributed by atoms with Gasteiger partial charge in [-0.05, 0) is 25.1 Å². The molecule has 1 aromatic heterocycles. The van der Waals surface area contributed by atoms with Crippen molar-refractivity contribution < 1.29 is 0 Å². The number of hydrogen-bond donors (Lipinski definition) is 1. The summed E-state index contributed by atoms with van der Waals surface area (Å²) in [5, 5.41) is 3.64. The van der Waals surface area contributed by atoms with Crippen molar-refractivity contribution in [3.8, 4) is 0 Å². The number of aromatic nitrogens is 1. The van der Waals surface area contributed by atoms with Gasteiger partial charge in [0.1, 0.15) is 0 Å². The van der Waals surface area contributed by atoms with E-state index in [1.165, 1.54) is 50.6 Å². The number of likely N-dealkylation sites (N-methyl/N-ethyl adjacent to an activating group) is 1. The van der Waals surface area contributed by atoms with Crippen molar-refractivity contribution in [2.45, 2.75) is 77.7 Å². The van der Waals surface area contributed by atoms with Gasteiger partial charge in [0.05, 0.1) is 0 Å². The summed E-state index contributed by atoms with van der Waals surface area (Å²) in [6.45, 7) is 7.81. The number of nitrogens with one attached hydrogen (secondary N) is 1. The molecular weight excluding hydrogens is 244 g/mol. The highest BCUT2D eigenvalue weighted by atomic mass is 14.9. The Morgan fingerprint density at radius 2 is 1.80 bits per heavy atom. The monoisotopic (exact) mass is 276 g/mol. The van der Waals surface area contributed by atoms with Crippen molar-refractivity contribution in [3.63, 3.8) is 0 Å². The number of nitrogens with zero attached hydrogens (tertiary/aromatic N) is 1. The lowest BCUT2D eigenvalue weighted by Crippen LogP contribution is -2.34.